The molecule has 1 fully saturated rings. The Morgan fingerprint density at radius 2 is 2.12 bits per heavy atom. The van der Waals surface area contributed by atoms with Gasteiger partial charge in [-0.15, -0.1) is 0 Å². The molecule has 94 valence electrons. The number of halogens is 2. The van der Waals surface area contributed by atoms with Gasteiger partial charge in [-0.2, -0.15) is 0 Å². The van der Waals surface area contributed by atoms with Crippen molar-refractivity contribution < 1.29 is 0 Å². The summed E-state index contributed by atoms with van der Waals surface area (Å²) in [5.74, 6) is 6.92. The van der Waals surface area contributed by atoms with E-state index < -0.39 is 0 Å². The molecule has 4 heteroatoms. The molecule has 1 saturated carbocycles. The molecule has 0 radical (unpaired) electrons. The fourth-order valence-electron chi connectivity index (χ4n) is 2.87. The molecule has 2 nitrogen and oxygen atoms in total. The molecule has 1 aliphatic rings. The highest BCUT2D eigenvalue weighted by atomic mass is 35.5. The second-order valence-corrected chi connectivity index (χ2v) is 5.73. The summed E-state index contributed by atoms with van der Waals surface area (Å²) in [7, 11) is 0. The molecule has 0 amide bonds. The van der Waals surface area contributed by atoms with Crippen LogP contribution < -0.4 is 11.3 Å². The Bertz CT molecular complexity index is 395. The van der Waals surface area contributed by atoms with E-state index in [9.17, 15) is 0 Å². The lowest BCUT2D eigenvalue weighted by atomic mass is 9.86. The molecule has 3 atom stereocenters. The number of hydrazine groups is 1. The zero-order chi connectivity index (χ0) is 12.4. The maximum Gasteiger partial charge on any atom is 0.0505 e. The molecule has 17 heavy (non-hydrogen) atoms. The number of rotatable bonds is 3. The van der Waals surface area contributed by atoms with Crippen molar-refractivity contribution >= 4 is 23.2 Å². The summed E-state index contributed by atoms with van der Waals surface area (Å²) in [5.41, 5.74) is 3.93. The highest BCUT2D eigenvalue weighted by Crippen LogP contribution is 2.41. The summed E-state index contributed by atoms with van der Waals surface area (Å²) in [6.07, 6.45) is 3.72. The summed E-state index contributed by atoms with van der Waals surface area (Å²) in [5, 5.41) is 1.44. The van der Waals surface area contributed by atoms with Crippen molar-refractivity contribution in [1.82, 2.24) is 5.43 Å². The number of nitrogens with two attached hydrogens (primary N) is 1. The van der Waals surface area contributed by atoms with Crippen molar-refractivity contribution in [3.05, 3.63) is 33.8 Å². The van der Waals surface area contributed by atoms with Crippen molar-refractivity contribution in [3.63, 3.8) is 0 Å². The minimum Gasteiger partial charge on any atom is -0.271 e. The van der Waals surface area contributed by atoms with Crippen LogP contribution in [0, 0.1) is 11.8 Å². The highest BCUT2D eigenvalue weighted by Gasteiger charge is 2.32. The Morgan fingerprint density at radius 1 is 1.35 bits per heavy atom. The van der Waals surface area contributed by atoms with E-state index in [0.29, 0.717) is 16.9 Å². The lowest BCUT2D eigenvalue weighted by Gasteiger charge is -2.27. The molecule has 0 spiro atoms. The van der Waals surface area contributed by atoms with Gasteiger partial charge >= 0.3 is 0 Å². The van der Waals surface area contributed by atoms with E-state index in [4.69, 9.17) is 29.0 Å². The largest absolute Gasteiger partial charge is 0.271 e. The van der Waals surface area contributed by atoms with Gasteiger partial charge in [0.05, 0.1) is 6.04 Å². The van der Waals surface area contributed by atoms with Crippen molar-refractivity contribution in [3.8, 4) is 0 Å². The van der Waals surface area contributed by atoms with Gasteiger partial charge in [-0.25, -0.2) is 0 Å². The zero-order valence-corrected chi connectivity index (χ0v) is 11.4. The van der Waals surface area contributed by atoms with Gasteiger partial charge in [-0.3, -0.25) is 11.3 Å². The van der Waals surface area contributed by atoms with Gasteiger partial charge in [0.15, 0.2) is 0 Å². The molecule has 0 saturated heterocycles. The van der Waals surface area contributed by atoms with E-state index in [1.807, 2.05) is 12.1 Å². The van der Waals surface area contributed by atoms with Gasteiger partial charge in [-0.1, -0.05) is 43.0 Å². The summed E-state index contributed by atoms with van der Waals surface area (Å²) >= 11 is 12.3. The van der Waals surface area contributed by atoms with Crippen LogP contribution in [0.25, 0.3) is 0 Å². The first-order valence-corrected chi connectivity index (χ1v) is 6.80. The normalized spacial score (nSPS) is 26.1. The van der Waals surface area contributed by atoms with Crippen LogP contribution in [0.4, 0.5) is 0 Å². The molecule has 3 N–H and O–H groups in total. The first-order chi connectivity index (χ1) is 8.13. The predicted molar refractivity (Wildman–Crippen MR) is 73.0 cm³/mol. The minimum absolute atomic E-state index is 0.0960. The van der Waals surface area contributed by atoms with Gasteiger partial charge in [0, 0.05) is 10.0 Å². The zero-order valence-electron chi connectivity index (χ0n) is 9.92. The van der Waals surface area contributed by atoms with Crippen molar-refractivity contribution in [2.24, 2.45) is 17.7 Å². The van der Waals surface area contributed by atoms with Crippen molar-refractivity contribution in [2.45, 2.75) is 32.2 Å². The van der Waals surface area contributed by atoms with Crippen LogP contribution in [0.3, 0.4) is 0 Å². The molecule has 1 aromatic carbocycles. The van der Waals surface area contributed by atoms with E-state index in [2.05, 4.69) is 12.3 Å². The van der Waals surface area contributed by atoms with Crippen LogP contribution in [0.2, 0.25) is 10.0 Å². The average molecular weight is 273 g/mol. The van der Waals surface area contributed by atoms with E-state index in [1.165, 1.54) is 19.3 Å². The standard InChI is InChI=1S/C13H18Cl2N2/c1-8-3-2-4-10(8)13(17-16)11-7-9(14)5-6-12(11)15/h5-8,10,13,17H,2-4,16H2,1H3. The summed E-state index contributed by atoms with van der Waals surface area (Å²) < 4.78 is 0. The number of benzene rings is 1. The molecule has 1 aromatic rings. The average Bonchev–Trinajstić information content (AvgIpc) is 2.71. The van der Waals surface area contributed by atoms with Gasteiger partial charge < -0.3 is 0 Å². The monoisotopic (exact) mass is 272 g/mol. The third-order valence-corrected chi connectivity index (χ3v) is 4.41. The topological polar surface area (TPSA) is 38.0 Å². The lowest BCUT2D eigenvalue weighted by molar-refractivity contribution is 0.304. The molecule has 0 aromatic heterocycles. The highest BCUT2D eigenvalue weighted by molar-refractivity contribution is 6.33. The molecular weight excluding hydrogens is 255 g/mol. The van der Waals surface area contributed by atoms with E-state index in [0.717, 1.165) is 10.6 Å². The van der Waals surface area contributed by atoms with Crippen molar-refractivity contribution in [2.75, 3.05) is 0 Å². The third-order valence-electron chi connectivity index (χ3n) is 3.83. The minimum atomic E-state index is 0.0960. The quantitative estimate of drug-likeness (QED) is 0.646. The van der Waals surface area contributed by atoms with Crippen LogP contribution in [0.5, 0.6) is 0 Å². The Hall–Kier alpha value is -0.280. The Kier molecular flexibility index (Phi) is 4.31. The van der Waals surface area contributed by atoms with E-state index in [-0.39, 0.29) is 6.04 Å². The molecular formula is C13H18Cl2N2. The first-order valence-electron chi connectivity index (χ1n) is 6.04. The predicted octanol–water partition coefficient (Wildman–Crippen LogP) is 3.93. The van der Waals surface area contributed by atoms with Crippen LogP contribution >= 0.6 is 23.2 Å². The fourth-order valence-corrected chi connectivity index (χ4v) is 3.28. The van der Waals surface area contributed by atoms with Gasteiger partial charge in [0.1, 0.15) is 0 Å². The molecule has 0 bridgehead atoms. The molecule has 0 aliphatic heterocycles. The van der Waals surface area contributed by atoms with Gasteiger partial charge in [-0.05, 0) is 42.0 Å². The van der Waals surface area contributed by atoms with Crippen LogP contribution in [0.15, 0.2) is 18.2 Å². The van der Waals surface area contributed by atoms with E-state index in [1.54, 1.807) is 6.07 Å². The number of hydrogen-bond acceptors (Lipinski definition) is 2. The smallest absolute Gasteiger partial charge is 0.0505 e. The van der Waals surface area contributed by atoms with Crippen molar-refractivity contribution in [1.29, 1.82) is 0 Å². The Balaban J connectivity index is 2.31. The van der Waals surface area contributed by atoms with Gasteiger partial charge in [0.2, 0.25) is 0 Å². The van der Waals surface area contributed by atoms with E-state index >= 15 is 0 Å². The fraction of sp³-hybridized carbons (Fsp3) is 0.538. The number of nitrogens with one attached hydrogen (secondary N) is 1. The van der Waals surface area contributed by atoms with Crippen LogP contribution in [-0.4, -0.2) is 0 Å². The molecule has 2 rings (SSSR count). The number of hydrogen-bond donors (Lipinski definition) is 2. The molecule has 0 heterocycles. The summed E-state index contributed by atoms with van der Waals surface area (Å²) in [4.78, 5) is 0. The maximum atomic E-state index is 6.24. The molecule has 1 aliphatic carbocycles. The Labute approximate surface area is 112 Å². The summed E-state index contributed by atoms with van der Waals surface area (Å²) in [6.45, 7) is 2.28. The lowest BCUT2D eigenvalue weighted by Crippen LogP contribution is -2.34. The third kappa shape index (κ3) is 2.76. The van der Waals surface area contributed by atoms with Crippen LogP contribution in [-0.2, 0) is 0 Å². The first kappa shape index (κ1) is 13.2. The Morgan fingerprint density at radius 3 is 2.71 bits per heavy atom. The second-order valence-electron chi connectivity index (χ2n) is 4.88. The van der Waals surface area contributed by atoms with Crippen LogP contribution in [0.1, 0.15) is 37.8 Å². The second kappa shape index (κ2) is 5.57. The summed E-state index contributed by atoms with van der Waals surface area (Å²) in [6, 6.07) is 5.65. The van der Waals surface area contributed by atoms with Gasteiger partial charge in [0.25, 0.3) is 0 Å². The molecule has 3 unspecified atom stereocenters. The SMILES string of the molecule is CC1CCCC1C(NN)c1cc(Cl)ccc1Cl. The maximum absolute atomic E-state index is 6.24.